The van der Waals surface area contributed by atoms with Gasteiger partial charge in [-0.05, 0) is 37.5 Å². The van der Waals surface area contributed by atoms with Crippen LogP contribution in [0.25, 0.3) is 0 Å². The van der Waals surface area contributed by atoms with Crippen LogP contribution in [0.4, 0.5) is 18.9 Å². The molecule has 2 saturated heterocycles. The molecule has 32 heavy (non-hydrogen) atoms. The number of methoxy groups -OCH3 is 1. The number of nitrogens with zero attached hydrogens (tertiary/aromatic N) is 4. The van der Waals surface area contributed by atoms with Crippen molar-refractivity contribution in [3.05, 3.63) is 47.2 Å². The Kier molecular flexibility index (Phi) is 5.63. The minimum atomic E-state index is -4.62. The van der Waals surface area contributed by atoms with Crippen LogP contribution in [0.2, 0.25) is 0 Å². The molecule has 170 valence electrons. The molecule has 0 bridgehead atoms. The second-order valence-electron chi connectivity index (χ2n) is 8.49. The van der Waals surface area contributed by atoms with E-state index < -0.39 is 22.7 Å². The Morgan fingerprint density at radius 1 is 1.41 bits per heavy atom. The van der Waals surface area contributed by atoms with Gasteiger partial charge in [-0.2, -0.15) is 18.4 Å². The fraction of sp³-hybridized carbons (Fsp3) is 0.500. The maximum absolute atomic E-state index is 13.5. The number of aromatic nitrogens is 1. The highest BCUT2D eigenvalue weighted by Crippen LogP contribution is 2.45. The highest BCUT2D eigenvalue weighted by molar-refractivity contribution is 5.92. The predicted molar refractivity (Wildman–Crippen MR) is 108 cm³/mol. The van der Waals surface area contributed by atoms with Crippen LogP contribution in [0.15, 0.2) is 29.0 Å². The molecule has 2 aliphatic heterocycles. The van der Waals surface area contributed by atoms with Gasteiger partial charge in [-0.3, -0.25) is 4.79 Å². The summed E-state index contributed by atoms with van der Waals surface area (Å²) in [4.78, 5) is 20.6. The van der Waals surface area contributed by atoms with Gasteiger partial charge < -0.3 is 19.0 Å². The van der Waals surface area contributed by atoms with Crippen molar-refractivity contribution >= 4 is 11.6 Å². The van der Waals surface area contributed by atoms with Crippen molar-refractivity contribution < 1.29 is 27.1 Å². The number of oxazole rings is 1. The third-order valence-corrected chi connectivity index (χ3v) is 6.52. The van der Waals surface area contributed by atoms with E-state index >= 15 is 0 Å². The maximum Gasteiger partial charge on any atom is 0.417 e. The predicted octanol–water partition coefficient (Wildman–Crippen LogP) is 3.49. The fourth-order valence-electron chi connectivity index (χ4n) is 4.96. The van der Waals surface area contributed by atoms with Crippen molar-refractivity contribution in [3.63, 3.8) is 0 Å². The molecule has 0 saturated carbocycles. The van der Waals surface area contributed by atoms with Crippen molar-refractivity contribution in [2.24, 2.45) is 11.3 Å². The normalized spacial score (nSPS) is 23.2. The van der Waals surface area contributed by atoms with E-state index in [1.807, 2.05) is 4.90 Å². The Balaban J connectivity index is 1.61. The highest BCUT2D eigenvalue weighted by Gasteiger charge is 2.51. The molecule has 3 heterocycles. The van der Waals surface area contributed by atoms with E-state index in [2.05, 4.69) is 4.98 Å². The molecular formula is C22H23F3N4O3. The molecule has 0 aliphatic carbocycles. The number of carbonyl (C=O) groups is 1. The van der Waals surface area contributed by atoms with Crippen LogP contribution >= 0.6 is 0 Å². The largest absolute Gasteiger partial charge is 0.438 e. The van der Waals surface area contributed by atoms with Crippen LogP contribution in [0.3, 0.4) is 0 Å². The molecule has 4 rings (SSSR count). The molecule has 2 aliphatic rings. The third kappa shape index (κ3) is 3.81. The summed E-state index contributed by atoms with van der Waals surface area (Å²) in [5.74, 6) is 0.102. The summed E-state index contributed by atoms with van der Waals surface area (Å²) in [7, 11) is 1.58. The first-order chi connectivity index (χ1) is 15.2. The minimum absolute atomic E-state index is 0.146. The monoisotopic (exact) mass is 448 g/mol. The topological polar surface area (TPSA) is 82.6 Å². The standard InChI is InChI=1S/C22H23F3N4O3/c1-14-19(32-13-27-14)20(30)28-6-5-16-9-29(11-21(16,10-28)12-31-2)17-4-3-15(8-26)18(7-17)22(23,24)25/h3-4,7,13,16H,5-6,9-12H2,1-2H3. The van der Waals surface area contributed by atoms with Crippen molar-refractivity contribution in [1.82, 2.24) is 9.88 Å². The molecule has 2 aromatic rings. The van der Waals surface area contributed by atoms with E-state index in [0.29, 0.717) is 50.6 Å². The van der Waals surface area contributed by atoms with Crippen LogP contribution < -0.4 is 4.90 Å². The second-order valence-corrected chi connectivity index (χ2v) is 8.49. The van der Waals surface area contributed by atoms with E-state index in [-0.39, 0.29) is 17.6 Å². The number of ether oxygens (including phenoxy) is 1. The second kappa shape index (κ2) is 8.13. The van der Waals surface area contributed by atoms with E-state index in [1.165, 1.54) is 12.5 Å². The van der Waals surface area contributed by atoms with Crippen LogP contribution in [0.5, 0.6) is 0 Å². The number of piperidine rings is 1. The molecule has 1 amide bonds. The molecule has 1 aromatic carbocycles. The molecule has 0 radical (unpaired) electrons. The van der Waals surface area contributed by atoms with Gasteiger partial charge in [0.1, 0.15) is 0 Å². The number of carbonyl (C=O) groups excluding carboxylic acids is 1. The smallest absolute Gasteiger partial charge is 0.417 e. The van der Waals surface area contributed by atoms with Gasteiger partial charge in [0.25, 0.3) is 5.91 Å². The van der Waals surface area contributed by atoms with Crippen molar-refractivity contribution in [2.75, 3.05) is 44.8 Å². The molecule has 0 N–H and O–H groups in total. The number of hydrogen-bond donors (Lipinski definition) is 0. The molecule has 10 heteroatoms. The first-order valence-electron chi connectivity index (χ1n) is 10.2. The lowest BCUT2D eigenvalue weighted by Crippen LogP contribution is -2.53. The molecule has 2 fully saturated rings. The van der Waals surface area contributed by atoms with Gasteiger partial charge in [-0.15, -0.1) is 0 Å². The number of benzene rings is 1. The third-order valence-electron chi connectivity index (χ3n) is 6.52. The number of anilines is 1. The van der Waals surface area contributed by atoms with Gasteiger partial charge in [0.15, 0.2) is 6.39 Å². The Labute approximate surface area is 183 Å². The van der Waals surface area contributed by atoms with E-state index in [0.717, 1.165) is 6.07 Å². The lowest BCUT2D eigenvalue weighted by Gasteiger charge is -2.43. The van der Waals surface area contributed by atoms with Crippen LogP contribution in [-0.4, -0.2) is 55.7 Å². The first-order valence-corrected chi connectivity index (χ1v) is 10.2. The number of nitriles is 1. The van der Waals surface area contributed by atoms with Crippen molar-refractivity contribution in [2.45, 2.75) is 19.5 Å². The number of alkyl halides is 3. The van der Waals surface area contributed by atoms with Gasteiger partial charge in [-0.25, -0.2) is 4.98 Å². The lowest BCUT2D eigenvalue weighted by molar-refractivity contribution is -0.137. The number of rotatable bonds is 4. The van der Waals surface area contributed by atoms with Crippen LogP contribution in [-0.2, 0) is 10.9 Å². The van der Waals surface area contributed by atoms with Crippen LogP contribution in [0.1, 0.15) is 33.8 Å². The molecule has 2 unspecified atom stereocenters. The quantitative estimate of drug-likeness (QED) is 0.712. The molecule has 0 spiro atoms. The maximum atomic E-state index is 13.5. The number of likely N-dealkylation sites (tertiary alicyclic amines) is 1. The Bertz CT molecular complexity index is 1060. The Morgan fingerprint density at radius 2 is 2.19 bits per heavy atom. The minimum Gasteiger partial charge on any atom is -0.438 e. The molecular weight excluding hydrogens is 425 g/mol. The Hall–Kier alpha value is -3.06. The molecule has 2 atom stereocenters. The van der Waals surface area contributed by atoms with E-state index in [9.17, 15) is 18.0 Å². The van der Waals surface area contributed by atoms with Gasteiger partial charge >= 0.3 is 6.18 Å². The zero-order valence-corrected chi connectivity index (χ0v) is 17.8. The summed E-state index contributed by atoms with van der Waals surface area (Å²) in [5.41, 5.74) is -0.842. The average Bonchev–Trinajstić information content (AvgIpc) is 3.35. The van der Waals surface area contributed by atoms with Crippen LogP contribution in [0, 0.1) is 29.6 Å². The van der Waals surface area contributed by atoms with Gasteiger partial charge in [0.05, 0.1) is 29.5 Å². The number of hydrogen-bond acceptors (Lipinski definition) is 6. The van der Waals surface area contributed by atoms with Gasteiger partial charge in [-0.1, -0.05) is 0 Å². The highest BCUT2D eigenvalue weighted by atomic mass is 19.4. The number of amides is 1. The SMILES string of the molecule is COCC12CN(C(=O)c3ocnc3C)CCC1CN(c1ccc(C#N)c(C(F)(F)F)c1)C2. The van der Waals surface area contributed by atoms with E-state index in [1.54, 1.807) is 31.1 Å². The summed E-state index contributed by atoms with van der Waals surface area (Å²) in [5, 5.41) is 9.07. The van der Waals surface area contributed by atoms with E-state index in [4.69, 9.17) is 14.4 Å². The summed E-state index contributed by atoms with van der Waals surface area (Å²) in [6.45, 7) is 3.99. The molecule has 7 nitrogen and oxygen atoms in total. The van der Waals surface area contributed by atoms with Gasteiger partial charge in [0, 0.05) is 44.4 Å². The first kappa shape index (κ1) is 22.1. The number of aryl methyl sites for hydroxylation is 1. The number of fused-ring (bicyclic) bond motifs is 1. The Morgan fingerprint density at radius 3 is 2.81 bits per heavy atom. The lowest BCUT2D eigenvalue weighted by atomic mass is 9.74. The summed E-state index contributed by atoms with van der Waals surface area (Å²) >= 11 is 0. The molecule has 1 aromatic heterocycles. The zero-order chi connectivity index (χ0) is 23.1. The van der Waals surface area contributed by atoms with Gasteiger partial charge in [0.2, 0.25) is 5.76 Å². The zero-order valence-electron chi connectivity index (χ0n) is 17.8. The summed E-state index contributed by atoms with van der Waals surface area (Å²) in [6.07, 6.45) is -2.68. The summed E-state index contributed by atoms with van der Waals surface area (Å²) < 4.78 is 51.1. The number of halogens is 3. The fourth-order valence-corrected chi connectivity index (χ4v) is 4.96. The van der Waals surface area contributed by atoms with Crippen molar-refractivity contribution in [1.29, 1.82) is 5.26 Å². The average molecular weight is 448 g/mol. The summed E-state index contributed by atoms with van der Waals surface area (Å²) in [6, 6.07) is 5.42. The van der Waals surface area contributed by atoms with Crippen molar-refractivity contribution in [3.8, 4) is 6.07 Å².